The van der Waals surface area contributed by atoms with Crippen LogP contribution in [0.1, 0.15) is 31.4 Å². The van der Waals surface area contributed by atoms with Gasteiger partial charge in [0.2, 0.25) is 0 Å². The number of nitrogens with zero attached hydrogens (tertiary/aromatic N) is 1. The minimum Gasteiger partial charge on any atom is -0.393 e. The zero-order chi connectivity index (χ0) is 13.0. The Hall–Kier alpha value is -1.42. The Morgan fingerprint density at radius 3 is 2.59 bits per heavy atom. The van der Waals surface area contributed by atoms with Gasteiger partial charge in [-0.05, 0) is 24.8 Å². The molecule has 0 saturated carbocycles. The summed E-state index contributed by atoms with van der Waals surface area (Å²) in [5.74, 6) is 0.382. The van der Waals surface area contributed by atoms with E-state index in [1.807, 2.05) is 26.8 Å². The second kappa shape index (κ2) is 5.77. The van der Waals surface area contributed by atoms with Crippen LogP contribution in [0.5, 0.6) is 0 Å². The van der Waals surface area contributed by atoms with Crippen LogP contribution in [0.15, 0.2) is 18.2 Å². The van der Waals surface area contributed by atoms with E-state index in [0.717, 1.165) is 5.56 Å². The number of nitro benzene ring substituents is 1. The van der Waals surface area contributed by atoms with Gasteiger partial charge in [0.15, 0.2) is 0 Å². The normalized spacial score (nSPS) is 12.8. The Bertz CT molecular complexity index is 402. The number of hydrogen-bond acceptors (Lipinski definition) is 3. The van der Waals surface area contributed by atoms with Crippen molar-refractivity contribution >= 4 is 5.69 Å². The largest absolute Gasteiger partial charge is 0.393 e. The van der Waals surface area contributed by atoms with Gasteiger partial charge in [0.25, 0.3) is 5.69 Å². The van der Waals surface area contributed by atoms with Crippen molar-refractivity contribution < 1.29 is 10.0 Å². The first-order valence-electron chi connectivity index (χ1n) is 5.82. The predicted octanol–water partition coefficient (Wildman–Crippen LogP) is 2.85. The molecule has 0 heterocycles. The molecule has 1 atom stereocenters. The maximum Gasteiger partial charge on any atom is 0.272 e. The van der Waals surface area contributed by atoms with E-state index in [1.165, 1.54) is 6.07 Å². The van der Waals surface area contributed by atoms with Crippen molar-refractivity contribution in [2.24, 2.45) is 5.92 Å². The van der Waals surface area contributed by atoms with E-state index in [1.54, 1.807) is 6.07 Å². The molecule has 1 N–H and O–H groups in total. The van der Waals surface area contributed by atoms with Gasteiger partial charge in [0.05, 0.1) is 11.0 Å². The van der Waals surface area contributed by atoms with Crippen molar-refractivity contribution in [2.75, 3.05) is 0 Å². The average Bonchev–Trinajstić information content (AvgIpc) is 2.19. The Labute approximate surface area is 101 Å². The number of hydrogen-bond donors (Lipinski definition) is 1. The number of nitro groups is 1. The lowest BCUT2D eigenvalue weighted by Gasteiger charge is -2.14. The third kappa shape index (κ3) is 3.82. The first-order chi connectivity index (χ1) is 7.91. The van der Waals surface area contributed by atoms with Crippen molar-refractivity contribution in [1.29, 1.82) is 0 Å². The van der Waals surface area contributed by atoms with Gasteiger partial charge >= 0.3 is 0 Å². The van der Waals surface area contributed by atoms with Crippen LogP contribution in [0.25, 0.3) is 0 Å². The molecule has 0 radical (unpaired) electrons. The third-order valence-electron chi connectivity index (χ3n) is 2.77. The fourth-order valence-electron chi connectivity index (χ4n) is 1.99. The van der Waals surface area contributed by atoms with Gasteiger partial charge in [0.1, 0.15) is 0 Å². The molecule has 0 aromatic heterocycles. The standard InChI is InChI=1S/C13H19NO3/c1-9(2)7-11(15)8-12-10(3)5-4-6-13(12)14(16)17/h4-6,9,11,15H,7-8H2,1-3H3. The van der Waals surface area contributed by atoms with E-state index >= 15 is 0 Å². The van der Waals surface area contributed by atoms with Crippen molar-refractivity contribution in [3.8, 4) is 0 Å². The molecule has 0 bridgehead atoms. The molecule has 0 saturated heterocycles. The lowest BCUT2D eigenvalue weighted by molar-refractivity contribution is -0.385. The Kier molecular flexibility index (Phi) is 4.63. The molecule has 0 aliphatic carbocycles. The van der Waals surface area contributed by atoms with Crippen LogP contribution in [0.4, 0.5) is 5.69 Å². The van der Waals surface area contributed by atoms with Gasteiger partial charge in [-0.2, -0.15) is 0 Å². The summed E-state index contributed by atoms with van der Waals surface area (Å²) in [7, 11) is 0. The zero-order valence-corrected chi connectivity index (χ0v) is 10.5. The van der Waals surface area contributed by atoms with Crippen LogP contribution in [0.3, 0.4) is 0 Å². The molecule has 1 aromatic carbocycles. The molecule has 0 spiro atoms. The summed E-state index contributed by atoms with van der Waals surface area (Å²) in [6, 6.07) is 5.00. The van der Waals surface area contributed by atoms with Crippen molar-refractivity contribution in [3.05, 3.63) is 39.4 Å². The van der Waals surface area contributed by atoms with Gasteiger partial charge in [-0.3, -0.25) is 10.1 Å². The lowest BCUT2D eigenvalue weighted by atomic mass is 9.96. The van der Waals surface area contributed by atoms with Gasteiger partial charge in [0, 0.05) is 18.1 Å². The number of aryl methyl sites for hydroxylation is 1. The van der Waals surface area contributed by atoms with Crippen molar-refractivity contribution in [1.82, 2.24) is 0 Å². The predicted molar refractivity (Wildman–Crippen MR) is 67.0 cm³/mol. The van der Waals surface area contributed by atoms with Crippen LogP contribution >= 0.6 is 0 Å². The van der Waals surface area contributed by atoms with Crippen molar-refractivity contribution in [2.45, 2.75) is 39.7 Å². The molecule has 4 nitrogen and oxygen atoms in total. The molecule has 0 aliphatic heterocycles. The SMILES string of the molecule is Cc1cccc([N+](=O)[O-])c1CC(O)CC(C)C. The van der Waals surface area contributed by atoms with Gasteiger partial charge in [-0.15, -0.1) is 0 Å². The summed E-state index contributed by atoms with van der Waals surface area (Å²) >= 11 is 0. The summed E-state index contributed by atoms with van der Waals surface area (Å²) in [6.45, 7) is 5.88. The van der Waals surface area contributed by atoms with E-state index in [2.05, 4.69) is 0 Å². The highest BCUT2D eigenvalue weighted by atomic mass is 16.6. The smallest absolute Gasteiger partial charge is 0.272 e. The Morgan fingerprint density at radius 1 is 1.41 bits per heavy atom. The summed E-state index contributed by atoms with van der Waals surface area (Å²) in [5, 5.41) is 20.8. The van der Waals surface area contributed by atoms with Crippen LogP contribution in [0, 0.1) is 23.0 Å². The Balaban J connectivity index is 2.92. The monoisotopic (exact) mass is 237 g/mol. The van der Waals surface area contributed by atoms with Gasteiger partial charge in [-0.25, -0.2) is 0 Å². The molecule has 1 unspecified atom stereocenters. The van der Waals surface area contributed by atoms with E-state index in [-0.39, 0.29) is 10.6 Å². The minimum absolute atomic E-state index is 0.104. The Morgan fingerprint density at radius 2 is 2.06 bits per heavy atom. The second-order valence-corrected chi connectivity index (χ2v) is 4.82. The quantitative estimate of drug-likeness (QED) is 0.632. The highest BCUT2D eigenvalue weighted by Gasteiger charge is 2.18. The first-order valence-corrected chi connectivity index (χ1v) is 5.82. The topological polar surface area (TPSA) is 63.4 Å². The highest BCUT2D eigenvalue weighted by molar-refractivity contribution is 5.45. The number of aliphatic hydroxyl groups is 1. The molecule has 4 heteroatoms. The third-order valence-corrected chi connectivity index (χ3v) is 2.77. The lowest BCUT2D eigenvalue weighted by Crippen LogP contribution is -2.15. The first kappa shape index (κ1) is 13.6. The van der Waals surface area contributed by atoms with E-state index in [9.17, 15) is 15.2 Å². The van der Waals surface area contributed by atoms with Gasteiger partial charge < -0.3 is 5.11 Å². The van der Waals surface area contributed by atoms with Crippen LogP contribution in [0.2, 0.25) is 0 Å². The minimum atomic E-state index is -0.519. The fraction of sp³-hybridized carbons (Fsp3) is 0.538. The molecular formula is C13H19NO3. The number of rotatable bonds is 5. The highest BCUT2D eigenvalue weighted by Crippen LogP contribution is 2.24. The van der Waals surface area contributed by atoms with Gasteiger partial charge in [-0.1, -0.05) is 26.0 Å². The number of benzene rings is 1. The molecule has 0 fully saturated rings. The van der Waals surface area contributed by atoms with E-state index in [0.29, 0.717) is 24.3 Å². The summed E-state index contributed by atoms with van der Waals surface area (Å²) in [4.78, 5) is 10.5. The van der Waals surface area contributed by atoms with E-state index < -0.39 is 6.10 Å². The molecule has 94 valence electrons. The van der Waals surface area contributed by atoms with Crippen LogP contribution < -0.4 is 0 Å². The van der Waals surface area contributed by atoms with Crippen LogP contribution in [-0.4, -0.2) is 16.1 Å². The number of aliphatic hydroxyl groups excluding tert-OH is 1. The van der Waals surface area contributed by atoms with E-state index in [4.69, 9.17) is 0 Å². The molecule has 1 rings (SSSR count). The summed E-state index contributed by atoms with van der Waals surface area (Å²) in [6.07, 6.45) is 0.488. The maximum absolute atomic E-state index is 10.9. The van der Waals surface area contributed by atoms with Crippen molar-refractivity contribution in [3.63, 3.8) is 0 Å². The molecule has 0 amide bonds. The van der Waals surface area contributed by atoms with Crippen LogP contribution in [-0.2, 0) is 6.42 Å². The molecular weight excluding hydrogens is 218 g/mol. The average molecular weight is 237 g/mol. The zero-order valence-electron chi connectivity index (χ0n) is 10.5. The fourth-order valence-corrected chi connectivity index (χ4v) is 1.99. The summed E-state index contributed by atoms with van der Waals surface area (Å²) < 4.78 is 0. The molecule has 1 aromatic rings. The maximum atomic E-state index is 10.9. The molecule has 0 aliphatic rings. The summed E-state index contributed by atoms with van der Waals surface area (Å²) in [5.41, 5.74) is 1.61. The molecule has 17 heavy (non-hydrogen) atoms. The second-order valence-electron chi connectivity index (χ2n) is 4.82.